The van der Waals surface area contributed by atoms with Crippen LogP contribution in [-0.2, 0) is 4.74 Å². The number of rotatable bonds is 4. The molecule has 25 heavy (non-hydrogen) atoms. The van der Waals surface area contributed by atoms with Gasteiger partial charge in [-0.15, -0.1) is 11.3 Å². The van der Waals surface area contributed by atoms with Gasteiger partial charge < -0.3 is 19.5 Å². The molecule has 1 atom stereocenters. The predicted molar refractivity (Wildman–Crippen MR) is 97.4 cm³/mol. The molecule has 0 saturated carbocycles. The number of thiophene rings is 1. The van der Waals surface area contributed by atoms with Crippen molar-refractivity contribution < 1.29 is 19.4 Å². The van der Waals surface area contributed by atoms with E-state index in [1.54, 1.807) is 4.90 Å². The number of carbonyl (C=O) groups excluding carboxylic acids is 1. The lowest BCUT2D eigenvalue weighted by Crippen LogP contribution is -2.50. The number of β-amino-alcohol motifs (C(OH)–C–C–N with tert-alkyl or cyclic N) is 1. The zero-order chi connectivity index (χ0) is 17.9. The van der Waals surface area contributed by atoms with Gasteiger partial charge in [0.05, 0.1) is 24.6 Å². The van der Waals surface area contributed by atoms with Crippen LogP contribution < -0.4 is 4.74 Å². The van der Waals surface area contributed by atoms with Gasteiger partial charge in [-0.25, -0.2) is 0 Å². The first-order valence-corrected chi connectivity index (χ1v) is 9.13. The van der Waals surface area contributed by atoms with Gasteiger partial charge in [0.25, 0.3) is 5.91 Å². The van der Waals surface area contributed by atoms with Crippen molar-refractivity contribution in [1.82, 2.24) is 4.90 Å². The van der Waals surface area contributed by atoms with Crippen LogP contribution in [-0.4, -0.2) is 54.4 Å². The van der Waals surface area contributed by atoms with E-state index in [1.165, 1.54) is 11.3 Å². The van der Waals surface area contributed by atoms with Crippen LogP contribution >= 0.6 is 11.3 Å². The number of amides is 1. The van der Waals surface area contributed by atoms with Gasteiger partial charge in [-0.2, -0.15) is 0 Å². The lowest BCUT2D eigenvalue weighted by atomic mass is 10.1. The molecule has 1 unspecified atom stereocenters. The highest BCUT2D eigenvalue weighted by molar-refractivity contribution is 7.13. The van der Waals surface area contributed by atoms with Crippen molar-refractivity contribution in [3.8, 4) is 5.75 Å². The second-order valence-electron chi connectivity index (χ2n) is 6.47. The molecule has 1 fully saturated rings. The van der Waals surface area contributed by atoms with Crippen LogP contribution in [0.4, 0.5) is 0 Å². The Bertz CT molecular complexity index is 745. The first-order valence-electron chi connectivity index (χ1n) is 8.31. The average molecular weight is 361 g/mol. The Balaban J connectivity index is 1.70. The molecule has 1 aliphatic rings. The highest BCUT2D eigenvalue weighted by atomic mass is 32.1. The van der Waals surface area contributed by atoms with Gasteiger partial charge in [0.15, 0.2) is 0 Å². The third-order valence-corrected chi connectivity index (χ3v) is 5.18. The molecule has 1 N–H and O–H groups in total. The van der Waals surface area contributed by atoms with Crippen LogP contribution in [0.1, 0.15) is 20.1 Å². The number of ether oxygens (including phenoxy) is 2. The van der Waals surface area contributed by atoms with E-state index in [2.05, 4.69) is 0 Å². The summed E-state index contributed by atoms with van der Waals surface area (Å²) in [6.45, 7) is 5.20. The first-order chi connectivity index (χ1) is 12.0. The third-order valence-electron chi connectivity index (χ3n) is 4.19. The first kappa shape index (κ1) is 17.9. The Labute approximate surface area is 151 Å². The topological polar surface area (TPSA) is 59.0 Å². The normalized spacial score (nSPS) is 21.0. The third kappa shape index (κ3) is 4.39. The summed E-state index contributed by atoms with van der Waals surface area (Å²) >= 11 is 1.46. The summed E-state index contributed by atoms with van der Waals surface area (Å²) in [5, 5.41) is 10.9. The van der Waals surface area contributed by atoms with Gasteiger partial charge >= 0.3 is 0 Å². The fraction of sp³-hybridized carbons (Fsp3) is 0.421. The van der Waals surface area contributed by atoms with Crippen molar-refractivity contribution in [1.29, 1.82) is 0 Å². The van der Waals surface area contributed by atoms with Crippen LogP contribution in [0.5, 0.6) is 5.75 Å². The Morgan fingerprint density at radius 2 is 2.12 bits per heavy atom. The molecule has 0 spiro atoms. The van der Waals surface area contributed by atoms with Crippen LogP contribution in [0.25, 0.3) is 0 Å². The second-order valence-corrected chi connectivity index (χ2v) is 7.76. The minimum atomic E-state index is -1.24. The average Bonchev–Trinajstić information content (AvgIpc) is 2.93. The SMILES string of the molecule is Cc1ccc(C(=O)N2CCOCC(O)(COc3ccccc3C)C2)s1. The standard InChI is InChI=1S/C19H23NO4S/c1-14-5-3-4-6-16(14)24-13-19(22)11-20(9-10-23-12-19)18(21)17-8-7-15(2)25-17/h3-8,22H,9-13H2,1-2H3. The quantitative estimate of drug-likeness (QED) is 0.910. The lowest BCUT2D eigenvalue weighted by molar-refractivity contribution is -0.0621. The number of aryl methyl sites for hydroxylation is 2. The molecule has 3 rings (SSSR count). The van der Waals surface area contributed by atoms with Crippen LogP contribution in [0.15, 0.2) is 36.4 Å². The van der Waals surface area contributed by atoms with Gasteiger partial charge in [-0.1, -0.05) is 18.2 Å². The molecule has 2 heterocycles. The van der Waals surface area contributed by atoms with Crippen LogP contribution in [0.2, 0.25) is 0 Å². The van der Waals surface area contributed by atoms with E-state index in [0.717, 1.165) is 16.2 Å². The molecule has 5 nitrogen and oxygen atoms in total. The molecule has 0 aliphatic carbocycles. The monoisotopic (exact) mass is 361 g/mol. The van der Waals surface area contributed by atoms with Crippen molar-refractivity contribution in [2.45, 2.75) is 19.4 Å². The molecule has 1 saturated heterocycles. The Hall–Kier alpha value is -1.89. The molecule has 0 radical (unpaired) electrons. The molecular weight excluding hydrogens is 338 g/mol. The molecule has 1 aromatic carbocycles. The summed E-state index contributed by atoms with van der Waals surface area (Å²) in [7, 11) is 0. The van der Waals surface area contributed by atoms with E-state index in [0.29, 0.717) is 18.0 Å². The van der Waals surface area contributed by atoms with Crippen LogP contribution in [0.3, 0.4) is 0 Å². The lowest BCUT2D eigenvalue weighted by Gasteiger charge is -2.30. The van der Waals surface area contributed by atoms with Crippen molar-refractivity contribution in [3.05, 3.63) is 51.7 Å². The number of hydrogen-bond donors (Lipinski definition) is 1. The summed E-state index contributed by atoms with van der Waals surface area (Å²) in [5.41, 5.74) is -0.233. The van der Waals surface area contributed by atoms with E-state index in [4.69, 9.17) is 9.47 Å². The Kier molecular flexibility index (Phi) is 5.42. The smallest absolute Gasteiger partial charge is 0.264 e. The van der Waals surface area contributed by atoms with E-state index in [9.17, 15) is 9.90 Å². The summed E-state index contributed by atoms with van der Waals surface area (Å²) in [6.07, 6.45) is 0. The fourth-order valence-corrected chi connectivity index (χ4v) is 3.65. The molecule has 134 valence electrons. The summed E-state index contributed by atoms with van der Waals surface area (Å²) in [4.78, 5) is 16.1. The summed E-state index contributed by atoms with van der Waals surface area (Å²) < 4.78 is 11.3. The van der Waals surface area contributed by atoms with Gasteiger partial charge in [0, 0.05) is 11.4 Å². The second kappa shape index (κ2) is 7.56. The predicted octanol–water partition coefficient (Wildman–Crippen LogP) is 2.65. The van der Waals surface area contributed by atoms with E-state index < -0.39 is 5.60 Å². The van der Waals surface area contributed by atoms with Gasteiger partial charge in [0.2, 0.25) is 0 Å². The molecular formula is C19H23NO4S. The van der Waals surface area contributed by atoms with E-state index in [1.807, 2.05) is 50.2 Å². The largest absolute Gasteiger partial charge is 0.490 e. The minimum Gasteiger partial charge on any atom is -0.490 e. The number of aliphatic hydroxyl groups is 1. The van der Waals surface area contributed by atoms with Crippen molar-refractivity contribution >= 4 is 17.2 Å². The maximum Gasteiger partial charge on any atom is 0.264 e. The number of nitrogens with zero attached hydrogens (tertiary/aromatic N) is 1. The fourth-order valence-electron chi connectivity index (χ4n) is 2.81. The number of hydrogen-bond acceptors (Lipinski definition) is 5. The highest BCUT2D eigenvalue weighted by Gasteiger charge is 2.36. The Morgan fingerprint density at radius 1 is 1.32 bits per heavy atom. The number of para-hydroxylation sites is 1. The maximum absolute atomic E-state index is 12.7. The molecule has 0 bridgehead atoms. The van der Waals surface area contributed by atoms with Gasteiger partial charge in [-0.3, -0.25) is 4.79 Å². The minimum absolute atomic E-state index is 0.0714. The zero-order valence-corrected chi connectivity index (χ0v) is 15.3. The number of benzene rings is 1. The number of carbonyl (C=O) groups is 1. The molecule has 6 heteroatoms. The van der Waals surface area contributed by atoms with E-state index >= 15 is 0 Å². The molecule has 1 amide bonds. The Morgan fingerprint density at radius 3 is 2.84 bits per heavy atom. The molecule has 1 aliphatic heterocycles. The van der Waals surface area contributed by atoms with Crippen molar-refractivity contribution in [2.24, 2.45) is 0 Å². The van der Waals surface area contributed by atoms with Gasteiger partial charge in [0.1, 0.15) is 18.0 Å². The zero-order valence-electron chi connectivity index (χ0n) is 14.5. The molecule has 1 aromatic heterocycles. The highest BCUT2D eigenvalue weighted by Crippen LogP contribution is 2.22. The van der Waals surface area contributed by atoms with Crippen molar-refractivity contribution in [3.63, 3.8) is 0 Å². The van der Waals surface area contributed by atoms with Crippen molar-refractivity contribution in [2.75, 3.05) is 32.9 Å². The van der Waals surface area contributed by atoms with E-state index in [-0.39, 0.29) is 25.7 Å². The van der Waals surface area contributed by atoms with Crippen LogP contribution in [0, 0.1) is 13.8 Å². The molecule has 2 aromatic rings. The van der Waals surface area contributed by atoms with Gasteiger partial charge in [-0.05, 0) is 37.6 Å². The summed E-state index contributed by atoms with van der Waals surface area (Å²) in [5.74, 6) is 0.657. The summed E-state index contributed by atoms with van der Waals surface area (Å²) in [6, 6.07) is 11.4. The maximum atomic E-state index is 12.7.